The van der Waals surface area contributed by atoms with E-state index in [1.807, 2.05) is 12.3 Å². The monoisotopic (exact) mass is 211 g/mol. The van der Waals surface area contributed by atoms with Crippen LogP contribution in [0, 0.1) is 0 Å². The zero-order valence-corrected chi connectivity index (χ0v) is 9.72. The topological polar surface area (TPSA) is 12.9 Å². The van der Waals surface area contributed by atoms with E-state index in [2.05, 4.69) is 71.2 Å². The first-order valence-corrected chi connectivity index (χ1v) is 5.75. The Bertz CT molecular complexity index is 659. The molecule has 0 fully saturated rings. The summed E-state index contributed by atoms with van der Waals surface area (Å²) in [5.41, 5.74) is 3.54. The Labute approximate surface area is 110 Å². The Morgan fingerprint density at radius 1 is 0.824 bits per heavy atom. The molecule has 0 aliphatic rings. The second-order valence-electron chi connectivity index (χ2n) is 4.28. The Balaban J connectivity index is 2.14. The van der Waals surface area contributed by atoms with E-state index in [9.17, 15) is 0 Å². The van der Waals surface area contributed by atoms with Gasteiger partial charge in [-0.15, -0.1) is 0 Å². The maximum atomic E-state index is 4.33. The summed E-state index contributed by atoms with van der Waals surface area (Å²) in [5.74, 6) is 0. The second-order valence-corrected chi connectivity index (χ2v) is 4.28. The van der Waals surface area contributed by atoms with Gasteiger partial charge in [-0.25, -0.2) is 0 Å². The van der Waals surface area contributed by atoms with Crippen LogP contribution in [0.2, 0.25) is 0 Å². The van der Waals surface area contributed by atoms with Gasteiger partial charge in [0.15, 0.2) is 0 Å². The molecule has 0 spiro atoms. The molecule has 0 aliphatic carbocycles. The van der Waals surface area contributed by atoms with Crippen molar-refractivity contribution in [2.24, 2.45) is 0 Å². The molecule has 3 rings (SSSR count). The minimum atomic E-state index is 1.04. The molecule has 1 nitrogen and oxygen atoms in total. The third kappa shape index (κ3) is 2.13. The Morgan fingerprint density at radius 2 is 1.59 bits per heavy atom. The van der Waals surface area contributed by atoms with Gasteiger partial charge in [-0.05, 0) is 0 Å². The fourth-order valence-electron chi connectivity index (χ4n) is 2.00. The minimum absolute atomic E-state index is 1.04. The van der Waals surface area contributed by atoms with Crippen molar-refractivity contribution >= 4 is 32.9 Å². The predicted octanol–water partition coefficient (Wildman–Crippen LogP) is 2.70. The average molecular weight is 211 g/mol. The van der Waals surface area contributed by atoms with E-state index < -0.39 is 0 Å². The van der Waals surface area contributed by atoms with E-state index in [0.717, 1.165) is 5.52 Å². The van der Waals surface area contributed by atoms with Crippen molar-refractivity contribution in [1.82, 2.24) is 4.98 Å². The third-order valence-corrected chi connectivity index (χ3v) is 2.99. The quantitative estimate of drug-likeness (QED) is 0.564. The molecule has 0 saturated heterocycles. The summed E-state index contributed by atoms with van der Waals surface area (Å²) in [7, 11) is 0. The average Bonchev–Trinajstić information content (AvgIpc) is 2.39. The molecule has 1 aromatic heterocycles. The van der Waals surface area contributed by atoms with E-state index in [0.29, 0.717) is 0 Å². The van der Waals surface area contributed by atoms with Gasteiger partial charge in [0.2, 0.25) is 0 Å². The van der Waals surface area contributed by atoms with Crippen molar-refractivity contribution in [1.29, 1.82) is 0 Å². The van der Waals surface area contributed by atoms with Gasteiger partial charge < -0.3 is 0 Å². The zero-order valence-electron chi connectivity index (χ0n) is 9.72. The molecule has 0 amide bonds. The van der Waals surface area contributed by atoms with Crippen molar-refractivity contribution in [3.05, 3.63) is 60.8 Å². The first-order valence-electron chi connectivity index (χ1n) is 5.75. The summed E-state index contributed by atoms with van der Waals surface area (Å²) >= 11 is 2.11. The molecule has 76 valence electrons. The van der Waals surface area contributed by atoms with E-state index >= 15 is 0 Å². The van der Waals surface area contributed by atoms with Gasteiger partial charge in [-0.3, -0.25) is 0 Å². The van der Waals surface area contributed by atoms with Gasteiger partial charge >= 0.3 is 110 Å². The first kappa shape index (κ1) is 10.6. The molecule has 0 radical (unpaired) electrons. The van der Waals surface area contributed by atoms with Crippen LogP contribution in [0.4, 0.5) is 0 Å². The number of nitrogens with zero attached hydrogens (tertiary/aromatic N) is 1. The standard InChI is InChI=1S/C15H10N.Li/c1-2-5-12(6-3-1)13-8-9-15-14(11-13)7-4-10-16-15;/h2-11H;. The molecular weight excluding hydrogens is 201 g/mol. The van der Waals surface area contributed by atoms with Gasteiger partial charge in [0.25, 0.3) is 0 Å². The Kier molecular flexibility index (Phi) is 2.72. The van der Waals surface area contributed by atoms with Crippen molar-refractivity contribution in [2.45, 2.75) is 0 Å². The summed E-state index contributed by atoms with van der Waals surface area (Å²) in [6.07, 6.45) is 1.83. The van der Waals surface area contributed by atoms with Crippen LogP contribution in [-0.4, -0.2) is 22.7 Å². The molecule has 2 heteroatoms. The number of hydrogen-bond donors (Lipinski definition) is 0. The second kappa shape index (κ2) is 4.37. The first-order chi connectivity index (χ1) is 8.33. The summed E-state index contributed by atoms with van der Waals surface area (Å²) in [6.45, 7) is 0. The maximum absolute atomic E-state index is 4.33. The van der Waals surface area contributed by atoms with Gasteiger partial charge in [-0.2, -0.15) is 0 Å². The Hall–Kier alpha value is -1.55. The molecule has 0 atom stereocenters. The predicted molar refractivity (Wildman–Crippen MR) is 72.6 cm³/mol. The summed E-state index contributed by atoms with van der Waals surface area (Å²) in [6, 6.07) is 19.1. The molecule has 2 aromatic carbocycles. The van der Waals surface area contributed by atoms with E-state index in [-0.39, 0.29) is 0 Å². The number of rotatable bonds is 1. The normalized spacial score (nSPS) is 10.7. The molecule has 1 heterocycles. The number of hydrogen-bond acceptors (Lipinski definition) is 1. The Morgan fingerprint density at radius 3 is 2.41 bits per heavy atom. The summed E-state index contributed by atoms with van der Waals surface area (Å²) < 4.78 is 1.29. The van der Waals surface area contributed by atoms with Crippen LogP contribution in [0.5, 0.6) is 0 Å². The van der Waals surface area contributed by atoms with Gasteiger partial charge in [0.1, 0.15) is 0 Å². The van der Waals surface area contributed by atoms with Gasteiger partial charge in [0, 0.05) is 0 Å². The molecule has 0 aliphatic heterocycles. The van der Waals surface area contributed by atoms with Crippen LogP contribution < -0.4 is 4.24 Å². The molecule has 0 saturated carbocycles. The van der Waals surface area contributed by atoms with E-state index in [4.69, 9.17) is 0 Å². The van der Waals surface area contributed by atoms with E-state index in [1.54, 1.807) is 0 Å². The van der Waals surface area contributed by atoms with Crippen molar-refractivity contribution in [3.8, 4) is 11.1 Å². The summed E-state index contributed by atoms with van der Waals surface area (Å²) in [4.78, 5) is 4.33. The zero-order chi connectivity index (χ0) is 11.7. The number of aromatic nitrogens is 1. The van der Waals surface area contributed by atoms with Crippen LogP contribution in [0.3, 0.4) is 0 Å². The SMILES string of the molecule is [Li][c]1ccc(-c2ccc3ncccc3c2)cc1. The fourth-order valence-corrected chi connectivity index (χ4v) is 2.00. The van der Waals surface area contributed by atoms with Gasteiger partial charge in [-0.1, -0.05) is 0 Å². The fraction of sp³-hybridized carbons (Fsp3) is 0. The summed E-state index contributed by atoms with van der Waals surface area (Å²) in [5, 5.41) is 1.19. The number of pyridine rings is 1. The van der Waals surface area contributed by atoms with Crippen LogP contribution >= 0.6 is 0 Å². The van der Waals surface area contributed by atoms with E-state index in [1.165, 1.54) is 20.7 Å². The molecule has 0 unspecified atom stereocenters. The number of benzene rings is 2. The third-order valence-electron chi connectivity index (χ3n) is 2.99. The van der Waals surface area contributed by atoms with Crippen molar-refractivity contribution in [2.75, 3.05) is 0 Å². The van der Waals surface area contributed by atoms with Crippen molar-refractivity contribution < 1.29 is 0 Å². The van der Waals surface area contributed by atoms with Crippen LogP contribution in [-0.2, 0) is 0 Å². The number of fused-ring (bicyclic) bond motifs is 1. The molecule has 17 heavy (non-hydrogen) atoms. The van der Waals surface area contributed by atoms with Crippen molar-refractivity contribution in [3.63, 3.8) is 0 Å². The van der Waals surface area contributed by atoms with Gasteiger partial charge in [0.05, 0.1) is 0 Å². The van der Waals surface area contributed by atoms with Crippen LogP contribution in [0.1, 0.15) is 0 Å². The van der Waals surface area contributed by atoms with Crippen LogP contribution in [0.25, 0.3) is 22.0 Å². The molecular formula is C15H10LiN. The van der Waals surface area contributed by atoms with Crippen LogP contribution in [0.15, 0.2) is 60.8 Å². The molecule has 3 aromatic rings. The molecule has 0 bridgehead atoms. The molecule has 0 N–H and O–H groups in total.